The first-order valence-corrected chi connectivity index (χ1v) is 18.2. The van der Waals surface area contributed by atoms with Crippen LogP contribution >= 0.6 is 0 Å². The second-order valence-corrected chi connectivity index (χ2v) is 16.6. The number of halogens is 10. The van der Waals surface area contributed by atoms with Crippen molar-refractivity contribution in [3.05, 3.63) is 83.9 Å². The molecule has 54 heavy (non-hydrogen) atoms. The Morgan fingerprint density at radius 3 is 1.44 bits per heavy atom. The molecule has 20 heteroatoms. The normalized spacial score (nSPS) is 18.2. The predicted octanol–water partition coefficient (Wildman–Crippen LogP) is 7.33. The summed E-state index contributed by atoms with van der Waals surface area (Å²) < 4.78 is 177. The molecule has 4 rings (SSSR count). The summed E-state index contributed by atoms with van der Waals surface area (Å²) in [5.74, 6) is -19.9. The summed E-state index contributed by atoms with van der Waals surface area (Å²) in [4.78, 5) is 2.28. The average molecular weight is 827 g/mol. The number of aliphatic hydroxyl groups is 2. The number of aliphatic hydroxyl groups excluding tert-OH is 2. The quantitative estimate of drug-likeness (QED) is 0.117. The topological polar surface area (TPSA) is 125 Å². The summed E-state index contributed by atoms with van der Waals surface area (Å²) in [6.45, 7) is -1.21. The lowest BCUT2D eigenvalue weighted by molar-refractivity contribution is -0.239. The third kappa shape index (κ3) is 10.4. The van der Waals surface area contributed by atoms with E-state index in [0.29, 0.717) is 4.90 Å². The summed E-state index contributed by atoms with van der Waals surface area (Å²) in [6, 6.07) is 20.1. The molecule has 1 saturated heterocycles. The second-order valence-electron chi connectivity index (χ2n) is 13.1. The Morgan fingerprint density at radius 2 is 1.09 bits per heavy atom. The van der Waals surface area contributed by atoms with Crippen molar-refractivity contribution in [3.63, 3.8) is 0 Å². The fourth-order valence-electron chi connectivity index (χ4n) is 4.41. The highest BCUT2D eigenvalue weighted by atomic mass is 32.2. The van der Waals surface area contributed by atoms with Gasteiger partial charge in [0.2, 0.25) is 0 Å². The molecule has 8 nitrogen and oxygen atoms in total. The van der Waals surface area contributed by atoms with E-state index < -0.39 is 88.8 Å². The van der Waals surface area contributed by atoms with Crippen LogP contribution < -0.4 is 4.74 Å². The molecule has 1 aliphatic rings. The van der Waals surface area contributed by atoms with Crippen molar-refractivity contribution in [1.82, 2.24) is 0 Å². The summed E-state index contributed by atoms with van der Waals surface area (Å²) in [5.41, 5.74) is 1.18. The Hall–Kier alpha value is -3.14. The van der Waals surface area contributed by atoms with E-state index in [1.807, 2.05) is 24.3 Å². The maximum atomic E-state index is 13.9. The van der Waals surface area contributed by atoms with E-state index in [1.165, 1.54) is 31.2 Å². The van der Waals surface area contributed by atoms with Gasteiger partial charge in [0.25, 0.3) is 0 Å². The molecule has 0 aromatic heterocycles. The van der Waals surface area contributed by atoms with Crippen LogP contribution in [0.25, 0.3) is 0 Å². The van der Waals surface area contributed by atoms with E-state index in [2.05, 4.69) is 20.8 Å². The Bertz CT molecular complexity index is 1770. The second kappa shape index (κ2) is 16.1. The van der Waals surface area contributed by atoms with Gasteiger partial charge >= 0.3 is 28.9 Å². The molecule has 2 N–H and O–H groups in total. The molecule has 0 spiro atoms. The van der Waals surface area contributed by atoms with Gasteiger partial charge in [-0.05, 0) is 78.6 Å². The first-order valence-electron chi connectivity index (χ1n) is 15.5. The lowest BCUT2D eigenvalue weighted by atomic mass is 9.87. The van der Waals surface area contributed by atoms with E-state index in [1.54, 1.807) is 24.3 Å². The van der Waals surface area contributed by atoms with Gasteiger partial charge in [-0.15, -0.1) is 0 Å². The van der Waals surface area contributed by atoms with Gasteiger partial charge in [-0.1, -0.05) is 32.9 Å². The minimum atomic E-state index is -5.91. The van der Waals surface area contributed by atoms with Crippen LogP contribution in [0.5, 0.6) is 5.75 Å². The van der Waals surface area contributed by atoms with Crippen molar-refractivity contribution in [2.45, 2.75) is 82.5 Å². The van der Waals surface area contributed by atoms with Gasteiger partial charge in [-0.25, -0.2) is 8.42 Å². The van der Waals surface area contributed by atoms with Gasteiger partial charge in [0, 0.05) is 5.56 Å². The molecule has 0 amide bonds. The zero-order chi connectivity index (χ0) is 41.2. The van der Waals surface area contributed by atoms with Crippen LogP contribution in [0.15, 0.2) is 87.5 Å². The first-order chi connectivity index (χ1) is 24.5. The lowest BCUT2D eigenvalue weighted by Gasteiger charge is -2.28. The standard InChI is InChI=1S/C30H30F6O6S2.C4H6F4O2/c1-26(2,3)20-5-11-23(12-6-20)43(25-15-9-22(10-16-25)40-19-30(35,36)44(37,38)39)24-13-7-21(8-14-24)27(4)41-17-28(31,32)29(33,34)18-42-27;5-3(6,1-9)4(7,8)2-10/h5-16H,17-19H2,1-4H3;9-10H,1-2H2. The third-order valence-electron chi connectivity index (χ3n) is 7.93. The zero-order valence-corrected chi connectivity index (χ0v) is 30.5. The van der Waals surface area contributed by atoms with E-state index in [-0.39, 0.29) is 16.7 Å². The maximum Gasteiger partial charge on any atom is 0.367 e. The highest BCUT2D eigenvalue weighted by Crippen LogP contribution is 2.43. The van der Waals surface area contributed by atoms with Gasteiger partial charge < -0.3 is 29.0 Å². The monoisotopic (exact) mass is 826 g/mol. The van der Waals surface area contributed by atoms with Gasteiger partial charge in [0.15, 0.2) is 37.2 Å². The highest BCUT2D eigenvalue weighted by molar-refractivity contribution is 7.97. The minimum absolute atomic E-state index is 0.0942. The molecule has 3 aromatic rings. The number of benzene rings is 3. The summed E-state index contributed by atoms with van der Waals surface area (Å²) >= 11 is 0. The molecule has 1 fully saturated rings. The fourth-order valence-corrected chi connectivity index (χ4v) is 6.66. The first kappa shape index (κ1) is 45.3. The van der Waals surface area contributed by atoms with E-state index in [9.17, 15) is 56.9 Å². The van der Waals surface area contributed by atoms with Crippen LogP contribution in [0.1, 0.15) is 38.8 Å². The van der Waals surface area contributed by atoms with Crippen molar-refractivity contribution in [2.24, 2.45) is 0 Å². The number of ether oxygens (including phenoxy) is 3. The van der Waals surface area contributed by atoms with Crippen molar-refractivity contribution >= 4 is 21.0 Å². The van der Waals surface area contributed by atoms with Crippen LogP contribution in [0, 0.1) is 0 Å². The number of hydrogen-bond acceptors (Lipinski definition) is 8. The van der Waals surface area contributed by atoms with E-state index in [4.69, 9.17) is 24.4 Å². The largest absolute Gasteiger partial charge is 0.743 e. The zero-order valence-electron chi connectivity index (χ0n) is 28.9. The fraction of sp³-hybridized carbons (Fsp3) is 0.471. The van der Waals surface area contributed by atoms with Crippen molar-refractivity contribution in [3.8, 4) is 5.75 Å². The molecule has 3 aromatic carbocycles. The van der Waals surface area contributed by atoms with Gasteiger partial charge in [-0.3, -0.25) is 0 Å². The van der Waals surface area contributed by atoms with Crippen LogP contribution in [-0.4, -0.2) is 85.2 Å². The molecule has 0 radical (unpaired) electrons. The predicted molar refractivity (Wildman–Crippen MR) is 174 cm³/mol. The number of alkyl halides is 10. The minimum Gasteiger partial charge on any atom is -0.743 e. The maximum absolute atomic E-state index is 13.9. The summed E-state index contributed by atoms with van der Waals surface area (Å²) in [5, 5.41) is 10.8. The molecule has 1 heterocycles. The van der Waals surface area contributed by atoms with Crippen LogP contribution in [-0.2, 0) is 41.7 Å². The van der Waals surface area contributed by atoms with Gasteiger partial charge in [-0.2, -0.15) is 43.9 Å². The highest BCUT2D eigenvalue weighted by Gasteiger charge is 2.60. The Balaban J connectivity index is 0.000000687. The molecule has 0 bridgehead atoms. The molecular weight excluding hydrogens is 790 g/mol. The SMILES string of the molecule is CC(C)(C)c1ccc([S+](c2ccc(OCC(F)(F)S(=O)(=O)[O-])cc2)c2ccc(C3(C)OCC(F)(F)C(F)(F)CO3)cc2)cc1.OCC(F)(F)C(F)(F)CO. The van der Waals surface area contributed by atoms with Crippen LogP contribution in [0.2, 0.25) is 0 Å². The van der Waals surface area contributed by atoms with Crippen molar-refractivity contribution < 1.29 is 81.3 Å². The number of hydrogen-bond donors (Lipinski definition) is 2. The summed E-state index contributed by atoms with van der Waals surface area (Å²) in [7, 11) is -6.73. The molecule has 302 valence electrons. The average Bonchev–Trinajstić information content (AvgIpc) is 3.17. The van der Waals surface area contributed by atoms with Crippen molar-refractivity contribution in [2.75, 3.05) is 33.0 Å². The third-order valence-corrected chi connectivity index (χ3v) is 11.0. The molecule has 0 aliphatic carbocycles. The molecule has 0 saturated carbocycles. The molecule has 1 atom stereocenters. The Morgan fingerprint density at radius 1 is 0.722 bits per heavy atom. The molecule has 1 unspecified atom stereocenters. The molecular formula is C34H36F10O8S2. The van der Waals surface area contributed by atoms with Crippen molar-refractivity contribution in [1.29, 1.82) is 0 Å². The van der Waals surface area contributed by atoms with Crippen LogP contribution in [0.3, 0.4) is 0 Å². The summed E-state index contributed by atoms with van der Waals surface area (Å²) in [6.07, 6.45) is 0. The van der Waals surface area contributed by atoms with Gasteiger partial charge in [0.1, 0.15) is 32.2 Å². The lowest BCUT2D eigenvalue weighted by Crippen LogP contribution is -2.46. The number of rotatable bonds is 11. The Labute approximate surface area is 307 Å². The van der Waals surface area contributed by atoms with Gasteiger partial charge in [0.05, 0.1) is 10.9 Å². The smallest absolute Gasteiger partial charge is 0.367 e. The van der Waals surface area contributed by atoms with Crippen LogP contribution in [0.4, 0.5) is 43.9 Å². The Kier molecular flexibility index (Phi) is 13.5. The molecule has 1 aliphatic heterocycles. The van der Waals surface area contributed by atoms with E-state index >= 15 is 0 Å². The van der Waals surface area contributed by atoms with E-state index in [0.717, 1.165) is 15.4 Å².